The number of aromatic hydroxyl groups is 1. The number of phenolic OH excluding ortho intramolecular Hbond substituents is 1. The zero-order valence-corrected chi connectivity index (χ0v) is 19.9. The molecule has 6 heteroatoms. The number of benzene rings is 2. The van der Waals surface area contributed by atoms with Gasteiger partial charge in [-0.25, -0.2) is 0 Å². The van der Waals surface area contributed by atoms with E-state index in [1.54, 1.807) is 13.0 Å². The lowest BCUT2D eigenvalue weighted by Gasteiger charge is -2.47. The van der Waals surface area contributed by atoms with E-state index in [1.165, 1.54) is 0 Å². The van der Waals surface area contributed by atoms with Gasteiger partial charge in [0, 0.05) is 44.6 Å². The summed E-state index contributed by atoms with van der Waals surface area (Å²) in [6.45, 7) is 10.1. The SMILES string of the molecule is CC(=O)[C@@H](C)CN1CCc2cc(O)ccc2[C@]1(C)c1ccc(OCCN2CC(CF)C2)cc1. The summed E-state index contributed by atoms with van der Waals surface area (Å²) in [6, 6.07) is 13.8. The maximum absolute atomic E-state index is 12.6. The van der Waals surface area contributed by atoms with Crippen molar-refractivity contribution in [3.05, 3.63) is 59.2 Å². The zero-order valence-electron chi connectivity index (χ0n) is 19.9. The van der Waals surface area contributed by atoms with Crippen LogP contribution in [0.4, 0.5) is 4.39 Å². The van der Waals surface area contributed by atoms with Gasteiger partial charge in [0.25, 0.3) is 0 Å². The van der Waals surface area contributed by atoms with E-state index >= 15 is 0 Å². The number of alkyl halides is 1. The van der Waals surface area contributed by atoms with Crippen molar-refractivity contribution in [2.24, 2.45) is 11.8 Å². The molecule has 0 saturated carbocycles. The van der Waals surface area contributed by atoms with Gasteiger partial charge >= 0.3 is 0 Å². The highest BCUT2D eigenvalue weighted by Crippen LogP contribution is 2.42. The second-order valence-electron chi connectivity index (χ2n) is 9.77. The van der Waals surface area contributed by atoms with Gasteiger partial charge in [-0.3, -0.25) is 19.0 Å². The lowest BCUT2D eigenvalue weighted by Crippen LogP contribution is -2.51. The molecule has 1 saturated heterocycles. The molecular weight excluding hydrogens is 419 g/mol. The minimum Gasteiger partial charge on any atom is -0.508 e. The van der Waals surface area contributed by atoms with Crippen LogP contribution < -0.4 is 4.74 Å². The van der Waals surface area contributed by atoms with Crippen LogP contribution in [-0.2, 0) is 16.8 Å². The Kier molecular flexibility index (Phi) is 7.05. The Labute approximate surface area is 196 Å². The van der Waals surface area contributed by atoms with Gasteiger partial charge < -0.3 is 9.84 Å². The van der Waals surface area contributed by atoms with E-state index in [4.69, 9.17) is 4.74 Å². The van der Waals surface area contributed by atoms with Crippen molar-refractivity contribution >= 4 is 5.78 Å². The Morgan fingerprint density at radius 1 is 1.24 bits per heavy atom. The molecule has 2 aromatic carbocycles. The number of phenols is 1. The average Bonchev–Trinajstić information content (AvgIpc) is 2.77. The largest absolute Gasteiger partial charge is 0.508 e. The number of fused-ring (bicyclic) bond motifs is 1. The molecule has 4 rings (SSSR count). The molecule has 2 atom stereocenters. The first kappa shape index (κ1) is 23.7. The number of hydrogen-bond donors (Lipinski definition) is 1. The third-order valence-electron chi connectivity index (χ3n) is 7.43. The summed E-state index contributed by atoms with van der Waals surface area (Å²) in [6.07, 6.45) is 0.838. The van der Waals surface area contributed by atoms with Gasteiger partial charge in [0.15, 0.2) is 0 Å². The molecule has 1 N–H and O–H groups in total. The predicted octanol–water partition coefficient (Wildman–Crippen LogP) is 4.02. The van der Waals surface area contributed by atoms with Gasteiger partial charge in [0.05, 0.1) is 12.2 Å². The van der Waals surface area contributed by atoms with Gasteiger partial charge in [-0.1, -0.05) is 25.1 Å². The molecule has 0 unspecified atom stereocenters. The lowest BCUT2D eigenvalue weighted by molar-refractivity contribution is -0.121. The fourth-order valence-electron chi connectivity index (χ4n) is 5.11. The number of rotatable bonds is 9. The monoisotopic (exact) mass is 454 g/mol. The van der Waals surface area contributed by atoms with Crippen LogP contribution in [0.1, 0.15) is 37.5 Å². The topological polar surface area (TPSA) is 53.0 Å². The average molecular weight is 455 g/mol. The van der Waals surface area contributed by atoms with Crippen molar-refractivity contribution < 1.29 is 19.0 Å². The fraction of sp³-hybridized carbons (Fsp3) is 0.519. The highest BCUT2D eigenvalue weighted by atomic mass is 19.1. The first-order chi connectivity index (χ1) is 15.8. The van der Waals surface area contributed by atoms with Crippen LogP contribution in [-0.4, -0.2) is 66.7 Å². The maximum Gasteiger partial charge on any atom is 0.133 e. The summed E-state index contributed by atoms with van der Waals surface area (Å²) in [5.74, 6) is 1.43. The van der Waals surface area contributed by atoms with Gasteiger partial charge in [0.1, 0.15) is 23.9 Å². The number of ketones is 1. The fourth-order valence-corrected chi connectivity index (χ4v) is 5.11. The third-order valence-corrected chi connectivity index (χ3v) is 7.43. The van der Waals surface area contributed by atoms with Crippen molar-refractivity contribution in [1.29, 1.82) is 0 Å². The molecule has 0 radical (unpaired) electrons. The molecule has 1 fully saturated rings. The summed E-state index contributed by atoms with van der Waals surface area (Å²) in [5, 5.41) is 10.0. The Bertz CT molecular complexity index is 974. The van der Waals surface area contributed by atoms with Crippen LogP contribution in [0, 0.1) is 11.8 Å². The molecule has 0 spiro atoms. The van der Waals surface area contributed by atoms with Gasteiger partial charge in [-0.15, -0.1) is 0 Å². The predicted molar refractivity (Wildman–Crippen MR) is 128 cm³/mol. The molecule has 0 aliphatic carbocycles. The third kappa shape index (κ3) is 4.92. The highest BCUT2D eigenvalue weighted by Gasteiger charge is 2.41. The van der Waals surface area contributed by atoms with Crippen molar-refractivity contribution in [1.82, 2.24) is 9.80 Å². The molecule has 0 amide bonds. The molecule has 178 valence electrons. The Hall–Kier alpha value is -2.44. The summed E-state index contributed by atoms with van der Waals surface area (Å²) in [4.78, 5) is 16.6. The van der Waals surface area contributed by atoms with Crippen LogP contribution in [0.5, 0.6) is 11.5 Å². The van der Waals surface area contributed by atoms with E-state index in [2.05, 4.69) is 28.9 Å². The summed E-state index contributed by atoms with van der Waals surface area (Å²) in [5.41, 5.74) is 3.02. The Balaban J connectivity index is 1.52. The maximum atomic E-state index is 12.6. The number of hydrogen-bond acceptors (Lipinski definition) is 5. The zero-order chi connectivity index (χ0) is 23.6. The second-order valence-corrected chi connectivity index (χ2v) is 9.77. The molecule has 2 aliphatic rings. The number of carbonyl (C=O) groups is 1. The minimum atomic E-state index is -0.414. The molecule has 2 aromatic rings. The van der Waals surface area contributed by atoms with Crippen molar-refractivity contribution in [3.8, 4) is 11.5 Å². The highest BCUT2D eigenvalue weighted by molar-refractivity contribution is 5.78. The van der Waals surface area contributed by atoms with Crippen LogP contribution in [0.15, 0.2) is 42.5 Å². The molecule has 5 nitrogen and oxygen atoms in total. The number of nitrogens with zero attached hydrogens (tertiary/aromatic N) is 2. The summed E-state index contributed by atoms with van der Waals surface area (Å²) >= 11 is 0. The van der Waals surface area contributed by atoms with E-state index < -0.39 is 5.54 Å². The van der Waals surface area contributed by atoms with E-state index in [0.29, 0.717) is 13.2 Å². The van der Waals surface area contributed by atoms with Gasteiger partial charge in [0.2, 0.25) is 0 Å². The molecule has 2 aliphatic heterocycles. The van der Waals surface area contributed by atoms with E-state index in [9.17, 15) is 14.3 Å². The summed E-state index contributed by atoms with van der Waals surface area (Å²) < 4.78 is 18.5. The minimum absolute atomic E-state index is 0.0518. The van der Waals surface area contributed by atoms with E-state index in [-0.39, 0.29) is 30.0 Å². The van der Waals surface area contributed by atoms with E-state index in [0.717, 1.165) is 55.0 Å². The molecular formula is C27H35FN2O3. The summed E-state index contributed by atoms with van der Waals surface area (Å²) in [7, 11) is 0. The number of likely N-dealkylation sites (tertiary alicyclic amines) is 1. The first-order valence-electron chi connectivity index (χ1n) is 11.9. The number of halogens is 1. The lowest BCUT2D eigenvalue weighted by atomic mass is 9.76. The van der Waals surface area contributed by atoms with Crippen LogP contribution in [0.25, 0.3) is 0 Å². The van der Waals surface area contributed by atoms with Gasteiger partial charge in [-0.2, -0.15) is 0 Å². The first-order valence-corrected chi connectivity index (χ1v) is 11.9. The molecule has 33 heavy (non-hydrogen) atoms. The van der Waals surface area contributed by atoms with Crippen molar-refractivity contribution in [2.75, 3.05) is 46.0 Å². The number of ether oxygens (including phenoxy) is 1. The molecule has 0 bridgehead atoms. The van der Waals surface area contributed by atoms with E-state index in [1.807, 2.05) is 31.2 Å². The molecule has 2 heterocycles. The van der Waals surface area contributed by atoms with Crippen LogP contribution >= 0.6 is 0 Å². The number of carbonyl (C=O) groups excluding carboxylic acids is 1. The van der Waals surface area contributed by atoms with Crippen LogP contribution in [0.3, 0.4) is 0 Å². The van der Waals surface area contributed by atoms with Gasteiger partial charge in [-0.05, 0) is 61.2 Å². The normalized spacial score (nSPS) is 22.4. The second kappa shape index (κ2) is 9.82. The standard InChI is InChI=1S/C27H35FN2O3/c1-19(20(2)31)16-30-11-10-22-14-24(32)6-9-26(22)27(30,3)23-4-7-25(8-5-23)33-13-12-29-17-21(15-28)18-29/h4-9,14,19,21,32H,10-13,15-18H2,1-3H3/t19-,27-/m0/s1. The number of Topliss-reactive ketones (excluding diaryl/α,β-unsaturated/α-hetero) is 1. The van der Waals surface area contributed by atoms with Crippen LogP contribution in [0.2, 0.25) is 0 Å². The molecule has 0 aromatic heterocycles. The quantitative estimate of drug-likeness (QED) is 0.620. The Morgan fingerprint density at radius 3 is 2.64 bits per heavy atom. The van der Waals surface area contributed by atoms with Crippen molar-refractivity contribution in [2.45, 2.75) is 32.7 Å². The smallest absolute Gasteiger partial charge is 0.133 e. The Morgan fingerprint density at radius 2 is 1.97 bits per heavy atom. The van der Waals surface area contributed by atoms with Crippen molar-refractivity contribution in [3.63, 3.8) is 0 Å².